The first-order valence-corrected chi connectivity index (χ1v) is 12.1. The molecule has 2 aromatic heterocycles. The van der Waals surface area contributed by atoms with Crippen LogP contribution in [0.1, 0.15) is 29.5 Å². The van der Waals surface area contributed by atoms with Crippen LogP contribution in [-0.4, -0.2) is 34.0 Å². The summed E-state index contributed by atoms with van der Waals surface area (Å²) in [7, 11) is -3.52. The van der Waals surface area contributed by atoms with E-state index < -0.39 is 10.0 Å². The zero-order chi connectivity index (χ0) is 23.0. The van der Waals surface area contributed by atoms with Gasteiger partial charge in [0.1, 0.15) is 6.33 Å². The zero-order valence-electron chi connectivity index (χ0n) is 17.4. The van der Waals surface area contributed by atoms with Crippen molar-refractivity contribution in [2.24, 2.45) is 0 Å². The van der Waals surface area contributed by atoms with Crippen molar-refractivity contribution in [1.29, 1.82) is 0 Å². The molecule has 0 spiro atoms. The average Bonchev–Trinajstić information content (AvgIpc) is 3.24. The Bertz CT molecular complexity index is 1510. The van der Waals surface area contributed by atoms with Crippen molar-refractivity contribution in [3.05, 3.63) is 87.8 Å². The van der Waals surface area contributed by atoms with Crippen LogP contribution >= 0.6 is 11.6 Å². The van der Waals surface area contributed by atoms with E-state index in [1.54, 1.807) is 25.1 Å². The van der Waals surface area contributed by atoms with E-state index in [4.69, 9.17) is 11.6 Å². The minimum absolute atomic E-state index is 0.0547. The van der Waals surface area contributed by atoms with Crippen LogP contribution in [0.2, 0.25) is 5.02 Å². The highest BCUT2D eigenvalue weighted by Gasteiger charge is 2.23. The zero-order valence-corrected chi connectivity index (χ0v) is 19.0. The molecule has 0 radical (unpaired) electrons. The van der Waals surface area contributed by atoms with Crippen molar-refractivity contribution >= 4 is 38.2 Å². The Balaban J connectivity index is 2.07. The predicted molar refractivity (Wildman–Crippen MR) is 125 cm³/mol. The molecule has 0 aliphatic rings. The van der Waals surface area contributed by atoms with E-state index >= 15 is 0 Å². The van der Waals surface area contributed by atoms with E-state index in [1.807, 2.05) is 30.3 Å². The number of fused-ring (bicyclic) bond motifs is 1. The Morgan fingerprint density at radius 2 is 1.81 bits per heavy atom. The van der Waals surface area contributed by atoms with Crippen LogP contribution in [0.4, 0.5) is 0 Å². The first-order chi connectivity index (χ1) is 15.2. The van der Waals surface area contributed by atoms with Gasteiger partial charge in [-0.1, -0.05) is 48.9 Å². The van der Waals surface area contributed by atoms with Crippen molar-refractivity contribution in [3.63, 3.8) is 0 Å². The maximum absolute atomic E-state index is 13.5. The van der Waals surface area contributed by atoms with Gasteiger partial charge in [0.15, 0.2) is 5.78 Å². The lowest BCUT2D eigenvalue weighted by Crippen LogP contribution is -2.28. The summed E-state index contributed by atoms with van der Waals surface area (Å²) in [6, 6.07) is 14.3. The molecule has 7 nitrogen and oxygen atoms in total. The largest absolute Gasteiger partial charge is 0.298 e. The summed E-state index contributed by atoms with van der Waals surface area (Å²) in [5.41, 5.74) is 1.59. The Labute approximate surface area is 190 Å². The quantitative estimate of drug-likeness (QED) is 0.398. The van der Waals surface area contributed by atoms with Crippen LogP contribution in [-0.2, 0) is 16.6 Å². The first kappa shape index (κ1) is 22.0. The monoisotopic (exact) mass is 469 g/mol. The fraction of sp³-hybridized carbons (Fsp3) is 0.174. The van der Waals surface area contributed by atoms with Gasteiger partial charge in [-0.15, -0.1) is 0 Å². The van der Waals surface area contributed by atoms with E-state index in [0.29, 0.717) is 27.1 Å². The molecule has 9 heteroatoms. The van der Waals surface area contributed by atoms with Crippen molar-refractivity contribution in [3.8, 4) is 11.1 Å². The summed E-state index contributed by atoms with van der Waals surface area (Å²) in [5, 5.41) is 1.44. The lowest BCUT2D eigenvalue weighted by atomic mass is 9.94. The van der Waals surface area contributed by atoms with E-state index in [2.05, 4.69) is 4.98 Å². The second-order valence-electron chi connectivity index (χ2n) is 7.41. The minimum atomic E-state index is -3.52. The summed E-state index contributed by atoms with van der Waals surface area (Å²) >= 11 is 6.25. The van der Waals surface area contributed by atoms with Crippen LogP contribution in [0.3, 0.4) is 0 Å². The fourth-order valence-electron chi connectivity index (χ4n) is 3.69. The fourth-order valence-corrected chi connectivity index (χ4v) is 4.40. The lowest BCUT2D eigenvalue weighted by Gasteiger charge is -2.19. The molecule has 0 N–H and O–H groups in total. The molecule has 0 fully saturated rings. The molecular formula is C23H20ClN3O4S. The molecule has 0 amide bonds. The van der Waals surface area contributed by atoms with Gasteiger partial charge in [0, 0.05) is 28.6 Å². The standard InChI is InChI=1S/C23H20ClN3O4S/c1-3-20(28)22-21(15-7-5-4-6-8-15)19-11-16(24)9-10-18(19)23(29)27(22)13-17-12-26(14-25-17)32(2,30)31/h4-12,14H,3,13H2,1-2H3. The van der Waals surface area contributed by atoms with Crippen molar-refractivity contribution < 1.29 is 13.2 Å². The minimum Gasteiger partial charge on any atom is -0.298 e. The molecule has 0 bridgehead atoms. The molecule has 32 heavy (non-hydrogen) atoms. The molecule has 0 aliphatic carbocycles. The number of pyridine rings is 1. The SMILES string of the molecule is CCC(=O)c1c(-c2ccccc2)c2cc(Cl)ccc2c(=O)n1Cc1cn(S(C)(=O)=O)cn1. The lowest BCUT2D eigenvalue weighted by molar-refractivity contribution is 0.0979. The number of Topliss-reactive ketones (excluding diaryl/α,β-unsaturated/α-hetero) is 1. The smallest absolute Gasteiger partial charge is 0.259 e. The molecule has 0 saturated heterocycles. The second kappa shape index (κ2) is 8.37. The highest BCUT2D eigenvalue weighted by molar-refractivity contribution is 7.89. The molecule has 4 rings (SSSR count). The van der Waals surface area contributed by atoms with E-state index in [0.717, 1.165) is 15.8 Å². The number of carbonyl (C=O) groups excluding carboxylic acids is 1. The van der Waals surface area contributed by atoms with Gasteiger partial charge in [0.25, 0.3) is 5.56 Å². The molecule has 4 aromatic rings. The Kier molecular flexibility index (Phi) is 5.75. The number of rotatable bonds is 6. The topological polar surface area (TPSA) is 91.0 Å². The van der Waals surface area contributed by atoms with Gasteiger partial charge in [-0.25, -0.2) is 17.4 Å². The average molecular weight is 470 g/mol. The molecular weight excluding hydrogens is 450 g/mol. The molecule has 0 unspecified atom stereocenters. The number of nitrogens with zero attached hydrogens (tertiary/aromatic N) is 3. The molecule has 0 atom stereocenters. The highest BCUT2D eigenvalue weighted by atomic mass is 35.5. The van der Waals surface area contributed by atoms with Crippen LogP contribution in [0.15, 0.2) is 65.8 Å². The van der Waals surface area contributed by atoms with Crippen molar-refractivity contribution in [2.75, 3.05) is 6.26 Å². The summed E-state index contributed by atoms with van der Waals surface area (Å²) in [6.45, 7) is 1.67. The number of ketones is 1. The maximum Gasteiger partial charge on any atom is 0.259 e. The third-order valence-electron chi connectivity index (χ3n) is 5.20. The van der Waals surface area contributed by atoms with Gasteiger partial charge < -0.3 is 0 Å². The molecule has 2 aromatic carbocycles. The summed E-state index contributed by atoms with van der Waals surface area (Å²) in [5.74, 6) is -0.217. The molecule has 164 valence electrons. The Hall–Kier alpha value is -3.23. The van der Waals surface area contributed by atoms with Crippen molar-refractivity contribution in [2.45, 2.75) is 19.9 Å². The van der Waals surface area contributed by atoms with Crippen LogP contribution in [0.25, 0.3) is 21.9 Å². The van der Waals surface area contributed by atoms with E-state index in [9.17, 15) is 18.0 Å². The Morgan fingerprint density at radius 1 is 1.09 bits per heavy atom. The highest BCUT2D eigenvalue weighted by Crippen LogP contribution is 2.33. The number of aromatic nitrogens is 3. The number of carbonyl (C=O) groups is 1. The third kappa shape index (κ3) is 3.99. The third-order valence-corrected chi connectivity index (χ3v) is 6.40. The summed E-state index contributed by atoms with van der Waals surface area (Å²) in [4.78, 5) is 30.8. The van der Waals surface area contributed by atoms with Gasteiger partial charge in [-0.2, -0.15) is 0 Å². The first-order valence-electron chi connectivity index (χ1n) is 9.88. The second-order valence-corrected chi connectivity index (χ2v) is 9.73. The normalized spacial score (nSPS) is 11.7. The number of benzene rings is 2. The maximum atomic E-state index is 13.5. The number of halogens is 1. The molecule has 0 saturated carbocycles. The van der Waals surface area contributed by atoms with Crippen LogP contribution < -0.4 is 5.56 Å². The summed E-state index contributed by atoms with van der Waals surface area (Å²) < 4.78 is 26.0. The van der Waals surface area contributed by atoms with Gasteiger partial charge in [-0.05, 0) is 29.1 Å². The number of imidazole rings is 1. The van der Waals surface area contributed by atoms with Gasteiger partial charge in [-0.3, -0.25) is 14.2 Å². The van der Waals surface area contributed by atoms with Crippen LogP contribution in [0, 0.1) is 0 Å². The van der Waals surface area contributed by atoms with Crippen LogP contribution in [0.5, 0.6) is 0 Å². The van der Waals surface area contributed by atoms with E-state index in [1.165, 1.54) is 17.1 Å². The van der Waals surface area contributed by atoms with Gasteiger partial charge in [0.2, 0.25) is 10.0 Å². The molecule has 0 aliphatic heterocycles. The number of hydrogen-bond donors (Lipinski definition) is 0. The van der Waals surface area contributed by atoms with Crippen molar-refractivity contribution in [1.82, 2.24) is 13.5 Å². The predicted octanol–water partition coefficient (Wildman–Crippen LogP) is 3.97. The van der Waals surface area contributed by atoms with Gasteiger partial charge >= 0.3 is 0 Å². The number of hydrogen-bond acceptors (Lipinski definition) is 5. The van der Waals surface area contributed by atoms with Gasteiger partial charge in [0.05, 0.1) is 24.2 Å². The van der Waals surface area contributed by atoms with E-state index in [-0.39, 0.29) is 30.0 Å². The molecule has 2 heterocycles. The Morgan fingerprint density at radius 3 is 2.44 bits per heavy atom. The summed E-state index contributed by atoms with van der Waals surface area (Å²) in [6.07, 6.45) is 3.76.